The van der Waals surface area contributed by atoms with Crippen LogP contribution in [0, 0.1) is 29.1 Å². The topological polar surface area (TPSA) is 95.0 Å². The summed E-state index contributed by atoms with van der Waals surface area (Å²) < 4.78 is 0. The van der Waals surface area contributed by atoms with Gasteiger partial charge in [0.15, 0.2) is 0 Å². The predicted molar refractivity (Wildman–Crippen MR) is 166 cm³/mol. The van der Waals surface area contributed by atoms with Gasteiger partial charge in [0, 0.05) is 16.9 Å². The predicted octanol–water partition coefficient (Wildman–Crippen LogP) is 5.98. The van der Waals surface area contributed by atoms with Gasteiger partial charge in [0.25, 0.3) is 0 Å². The van der Waals surface area contributed by atoms with E-state index in [2.05, 4.69) is 0 Å². The van der Waals surface area contributed by atoms with Crippen molar-refractivity contribution in [3.8, 4) is 5.75 Å². The van der Waals surface area contributed by atoms with Crippen LogP contribution in [0.25, 0.3) is 10.8 Å². The van der Waals surface area contributed by atoms with Crippen LogP contribution in [-0.4, -0.2) is 28.7 Å². The Morgan fingerprint density at radius 3 is 2.05 bits per heavy atom. The summed E-state index contributed by atoms with van der Waals surface area (Å²) in [7, 11) is 0. The van der Waals surface area contributed by atoms with Crippen LogP contribution < -0.4 is 9.80 Å². The number of carbonyl (C=O) groups is 4. The molecule has 2 aliphatic heterocycles. The van der Waals surface area contributed by atoms with Gasteiger partial charge in [0.05, 0.1) is 34.5 Å². The lowest BCUT2D eigenvalue weighted by Gasteiger charge is -2.49. The van der Waals surface area contributed by atoms with Crippen LogP contribution in [0.15, 0.2) is 109 Å². The van der Waals surface area contributed by atoms with Crippen LogP contribution in [0.2, 0.25) is 0 Å². The third-order valence-corrected chi connectivity index (χ3v) is 10.5. The van der Waals surface area contributed by atoms with Gasteiger partial charge in [-0.25, -0.2) is 4.90 Å². The fraction of sp³-hybridized carbons (Fsp3) is 0.243. The highest BCUT2D eigenvalue weighted by Gasteiger charge is 2.68. The van der Waals surface area contributed by atoms with Gasteiger partial charge < -0.3 is 5.11 Å². The first kappa shape index (κ1) is 26.6. The first-order valence-corrected chi connectivity index (χ1v) is 15.1. The molecule has 0 bridgehead atoms. The van der Waals surface area contributed by atoms with E-state index in [1.807, 2.05) is 61.5 Å². The Bertz CT molecular complexity index is 1920. The van der Waals surface area contributed by atoms with Gasteiger partial charge >= 0.3 is 0 Å². The Hall–Kier alpha value is -5.04. The SMILES string of the molecule is CC12C(=O)N(c3ccccc3)C(=O)C1CC1C(=CCC3C(=O)N(c4ccccc4)C(=O)C31)C2c1ccc2ccccc2c1O. The summed E-state index contributed by atoms with van der Waals surface area (Å²) in [6.07, 6.45) is 2.62. The van der Waals surface area contributed by atoms with Crippen molar-refractivity contribution >= 4 is 45.8 Å². The number of aromatic hydroxyl groups is 1. The van der Waals surface area contributed by atoms with E-state index in [1.54, 1.807) is 48.5 Å². The van der Waals surface area contributed by atoms with Gasteiger partial charge in [-0.3, -0.25) is 24.1 Å². The van der Waals surface area contributed by atoms with Gasteiger partial charge in [0.1, 0.15) is 5.75 Å². The Labute approximate surface area is 254 Å². The highest BCUT2D eigenvalue weighted by atomic mass is 16.3. The molecule has 0 spiro atoms. The normalized spacial score (nSPS) is 29.5. The van der Waals surface area contributed by atoms with Crippen molar-refractivity contribution in [2.75, 3.05) is 9.80 Å². The number of hydrogen-bond donors (Lipinski definition) is 1. The number of allylic oxidation sites excluding steroid dienone is 2. The lowest BCUT2D eigenvalue weighted by molar-refractivity contribution is -0.131. The molecular formula is C37H30N2O5. The summed E-state index contributed by atoms with van der Waals surface area (Å²) in [5, 5.41) is 13.3. The fourth-order valence-electron chi connectivity index (χ4n) is 8.52. The fourth-order valence-corrected chi connectivity index (χ4v) is 8.52. The van der Waals surface area contributed by atoms with Crippen LogP contribution in [0.5, 0.6) is 5.75 Å². The molecule has 8 rings (SSSR count). The smallest absolute Gasteiger partial charge is 0.241 e. The zero-order chi connectivity index (χ0) is 30.3. The third-order valence-electron chi connectivity index (χ3n) is 10.5. The molecule has 218 valence electrons. The molecule has 6 unspecified atom stereocenters. The maximum absolute atomic E-state index is 14.6. The molecule has 44 heavy (non-hydrogen) atoms. The minimum atomic E-state index is -1.22. The average Bonchev–Trinajstić information content (AvgIpc) is 3.42. The Balaban J connectivity index is 1.31. The number of phenolic OH excluding ortho intramolecular Hbond substituents is 1. The molecule has 1 saturated carbocycles. The monoisotopic (exact) mass is 582 g/mol. The van der Waals surface area contributed by atoms with Crippen molar-refractivity contribution in [1.82, 2.24) is 0 Å². The first-order valence-electron chi connectivity index (χ1n) is 15.1. The molecule has 2 heterocycles. The van der Waals surface area contributed by atoms with E-state index in [1.165, 1.54) is 9.80 Å². The van der Waals surface area contributed by atoms with Crippen molar-refractivity contribution in [3.05, 3.63) is 114 Å². The second-order valence-corrected chi connectivity index (χ2v) is 12.6. The molecule has 4 aromatic rings. The number of para-hydroxylation sites is 2. The third kappa shape index (κ3) is 3.43. The Morgan fingerprint density at radius 1 is 0.705 bits per heavy atom. The van der Waals surface area contributed by atoms with E-state index in [4.69, 9.17) is 0 Å². The van der Waals surface area contributed by atoms with Crippen LogP contribution in [-0.2, 0) is 19.2 Å². The zero-order valence-corrected chi connectivity index (χ0v) is 24.1. The van der Waals surface area contributed by atoms with Gasteiger partial charge in [0.2, 0.25) is 23.6 Å². The summed E-state index contributed by atoms with van der Waals surface area (Å²) in [6.45, 7) is 1.83. The number of anilines is 2. The molecule has 2 saturated heterocycles. The summed E-state index contributed by atoms with van der Waals surface area (Å²) in [6, 6.07) is 29.1. The lowest BCUT2D eigenvalue weighted by atomic mass is 9.51. The van der Waals surface area contributed by atoms with Crippen LogP contribution in [0.4, 0.5) is 11.4 Å². The van der Waals surface area contributed by atoms with Gasteiger partial charge in [-0.2, -0.15) is 0 Å². The number of phenols is 1. The van der Waals surface area contributed by atoms with Gasteiger partial charge in [-0.05, 0) is 55.3 Å². The highest BCUT2D eigenvalue weighted by molar-refractivity contribution is 6.25. The number of carbonyl (C=O) groups excluding carboxylic acids is 4. The van der Waals surface area contributed by atoms with Crippen molar-refractivity contribution in [3.63, 3.8) is 0 Å². The van der Waals surface area contributed by atoms with E-state index in [0.29, 0.717) is 28.7 Å². The van der Waals surface area contributed by atoms with E-state index in [9.17, 15) is 24.3 Å². The maximum atomic E-state index is 14.6. The van der Waals surface area contributed by atoms with E-state index < -0.39 is 35.0 Å². The number of hydrogen-bond acceptors (Lipinski definition) is 5. The molecule has 1 N–H and O–H groups in total. The van der Waals surface area contributed by atoms with Gasteiger partial charge in [-0.15, -0.1) is 0 Å². The summed E-state index contributed by atoms with van der Waals surface area (Å²) >= 11 is 0. The second-order valence-electron chi connectivity index (χ2n) is 12.6. The zero-order valence-electron chi connectivity index (χ0n) is 24.1. The van der Waals surface area contributed by atoms with Crippen LogP contribution in [0.1, 0.15) is 31.2 Å². The molecular weight excluding hydrogens is 552 g/mol. The minimum absolute atomic E-state index is 0.0647. The maximum Gasteiger partial charge on any atom is 0.241 e. The molecule has 2 aliphatic carbocycles. The number of amides is 4. The van der Waals surface area contributed by atoms with E-state index in [-0.39, 0.29) is 35.8 Å². The molecule has 7 nitrogen and oxygen atoms in total. The number of benzene rings is 4. The standard InChI is InChI=1S/C37H30N2O5/c1-37-29(34(42)39(36(37)44)23-13-6-3-7-14-23)20-28-25(31(37)27-17-16-21-10-8-9-15-24(21)32(27)40)18-19-26-30(28)35(43)38(33(26)41)22-11-4-2-5-12-22/h2-18,26,28-31,40H,19-20H2,1H3. The van der Waals surface area contributed by atoms with Crippen molar-refractivity contribution in [2.24, 2.45) is 29.1 Å². The molecule has 7 heteroatoms. The number of fused-ring (bicyclic) bond motifs is 5. The minimum Gasteiger partial charge on any atom is -0.507 e. The Kier molecular flexibility index (Phi) is 5.73. The average molecular weight is 583 g/mol. The van der Waals surface area contributed by atoms with Crippen molar-refractivity contribution < 1.29 is 24.3 Å². The summed E-state index contributed by atoms with van der Waals surface area (Å²) in [5.74, 6) is -4.16. The summed E-state index contributed by atoms with van der Waals surface area (Å²) in [5.41, 5.74) is 1.22. The second kappa shape index (κ2) is 9.48. The quantitative estimate of drug-likeness (QED) is 0.237. The molecule has 0 aromatic heterocycles. The summed E-state index contributed by atoms with van der Waals surface area (Å²) in [4.78, 5) is 59.3. The Morgan fingerprint density at radius 2 is 1.34 bits per heavy atom. The van der Waals surface area contributed by atoms with Crippen molar-refractivity contribution in [2.45, 2.75) is 25.7 Å². The van der Waals surface area contributed by atoms with E-state index in [0.717, 1.165) is 11.0 Å². The number of nitrogens with zero attached hydrogens (tertiary/aromatic N) is 2. The van der Waals surface area contributed by atoms with Crippen LogP contribution >= 0.6 is 0 Å². The van der Waals surface area contributed by atoms with Crippen LogP contribution in [0.3, 0.4) is 0 Å². The van der Waals surface area contributed by atoms with Crippen molar-refractivity contribution in [1.29, 1.82) is 0 Å². The molecule has 4 amide bonds. The largest absolute Gasteiger partial charge is 0.507 e. The first-order chi connectivity index (χ1) is 21.3. The number of imide groups is 2. The molecule has 0 radical (unpaired) electrons. The number of rotatable bonds is 3. The van der Waals surface area contributed by atoms with E-state index >= 15 is 0 Å². The van der Waals surface area contributed by atoms with Gasteiger partial charge in [-0.1, -0.05) is 84.4 Å². The molecule has 4 aliphatic rings. The lowest BCUT2D eigenvalue weighted by Crippen LogP contribution is -2.48. The molecule has 3 fully saturated rings. The molecule has 6 atom stereocenters. The molecule has 4 aromatic carbocycles. The highest BCUT2D eigenvalue weighted by Crippen LogP contribution is 2.64.